The number of amides is 1. The van der Waals surface area contributed by atoms with Gasteiger partial charge in [-0.25, -0.2) is 13.4 Å². The molecule has 0 spiro atoms. The number of nitrogens with zero attached hydrogens (tertiary/aromatic N) is 3. The number of anilines is 1. The maximum Gasteiger partial charge on any atom is 0.229 e. The minimum absolute atomic E-state index is 0.0295. The first-order valence-corrected chi connectivity index (χ1v) is 13.4. The van der Waals surface area contributed by atoms with E-state index < -0.39 is 9.84 Å². The molecule has 4 rings (SSSR count). The lowest BCUT2D eigenvalue weighted by Gasteiger charge is -2.19. The molecular weight excluding hydrogens is 478 g/mol. The highest BCUT2D eigenvalue weighted by Crippen LogP contribution is 2.32. The van der Waals surface area contributed by atoms with Gasteiger partial charge in [-0.1, -0.05) is 59.3 Å². The molecule has 2 heterocycles. The lowest BCUT2D eigenvalue weighted by atomic mass is 10.2. The minimum Gasteiger partial charge on any atom is -0.282 e. The van der Waals surface area contributed by atoms with Gasteiger partial charge in [0, 0.05) is 17.6 Å². The number of thiazole rings is 1. The van der Waals surface area contributed by atoms with Crippen LogP contribution in [0.25, 0.3) is 10.2 Å². The molecule has 2 aromatic heterocycles. The summed E-state index contributed by atoms with van der Waals surface area (Å²) in [6.45, 7) is 0.254. The van der Waals surface area contributed by atoms with E-state index in [9.17, 15) is 13.2 Å². The second kappa shape index (κ2) is 10.4. The molecule has 6 nitrogen and oxygen atoms in total. The molecule has 4 aromatic rings. The Bertz CT molecular complexity index is 1340. The summed E-state index contributed by atoms with van der Waals surface area (Å²) in [5.41, 5.74) is 2.22. The first-order valence-electron chi connectivity index (χ1n) is 10.4. The lowest BCUT2D eigenvalue weighted by Crippen LogP contribution is -2.31. The van der Waals surface area contributed by atoms with Gasteiger partial charge in [-0.3, -0.25) is 14.7 Å². The molecule has 1 amide bonds. The number of fused-ring (bicyclic) bond motifs is 1. The van der Waals surface area contributed by atoms with E-state index in [2.05, 4.69) is 9.97 Å². The van der Waals surface area contributed by atoms with Crippen molar-refractivity contribution in [3.63, 3.8) is 0 Å². The Morgan fingerprint density at radius 3 is 2.58 bits per heavy atom. The van der Waals surface area contributed by atoms with Crippen LogP contribution >= 0.6 is 22.9 Å². The number of carbonyl (C=O) groups excluding carboxylic acids is 1. The van der Waals surface area contributed by atoms with Crippen LogP contribution in [0.1, 0.15) is 24.1 Å². The number of hydrogen-bond acceptors (Lipinski definition) is 6. The second-order valence-corrected chi connectivity index (χ2v) is 11.2. The molecule has 0 aliphatic heterocycles. The average Bonchev–Trinajstić information content (AvgIpc) is 3.21. The van der Waals surface area contributed by atoms with Crippen molar-refractivity contribution < 1.29 is 13.2 Å². The summed E-state index contributed by atoms with van der Waals surface area (Å²) < 4.78 is 25.9. The highest BCUT2D eigenvalue weighted by atomic mass is 35.5. The van der Waals surface area contributed by atoms with E-state index >= 15 is 0 Å². The Morgan fingerprint density at radius 2 is 1.82 bits per heavy atom. The Morgan fingerprint density at radius 1 is 1.03 bits per heavy atom. The minimum atomic E-state index is -3.32. The third-order valence-corrected chi connectivity index (χ3v) is 7.95. The average molecular weight is 500 g/mol. The van der Waals surface area contributed by atoms with E-state index in [-0.39, 0.29) is 36.8 Å². The van der Waals surface area contributed by atoms with Gasteiger partial charge < -0.3 is 0 Å². The highest BCUT2D eigenvalue weighted by molar-refractivity contribution is 7.90. The molecule has 0 saturated carbocycles. The number of benzene rings is 2. The predicted octanol–water partition coefficient (Wildman–Crippen LogP) is 5.27. The van der Waals surface area contributed by atoms with E-state index in [4.69, 9.17) is 11.6 Å². The molecule has 170 valence electrons. The van der Waals surface area contributed by atoms with Crippen LogP contribution in [0.4, 0.5) is 5.13 Å². The molecule has 2 aromatic carbocycles. The van der Waals surface area contributed by atoms with Crippen LogP contribution in [0.2, 0.25) is 5.02 Å². The number of hydrogen-bond donors (Lipinski definition) is 0. The first kappa shape index (κ1) is 23.4. The Kier molecular flexibility index (Phi) is 7.37. The van der Waals surface area contributed by atoms with Crippen molar-refractivity contribution in [1.82, 2.24) is 9.97 Å². The van der Waals surface area contributed by atoms with E-state index in [1.54, 1.807) is 29.3 Å². The van der Waals surface area contributed by atoms with Crippen LogP contribution in [0.3, 0.4) is 0 Å². The third kappa shape index (κ3) is 6.37. The quantitative estimate of drug-likeness (QED) is 0.313. The smallest absolute Gasteiger partial charge is 0.229 e. The highest BCUT2D eigenvalue weighted by Gasteiger charge is 2.22. The summed E-state index contributed by atoms with van der Waals surface area (Å²) in [7, 11) is -3.32. The molecule has 0 bridgehead atoms. The van der Waals surface area contributed by atoms with Crippen LogP contribution in [0.15, 0.2) is 72.9 Å². The second-order valence-electron chi connectivity index (χ2n) is 7.59. The summed E-state index contributed by atoms with van der Waals surface area (Å²) in [6, 6.07) is 20.0. The number of carbonyl (C=O) groups is 1. The van der Waals surface area contributed by atoms with Gasteiger partial charge in [0.25, 0.3) is 0 Å². The molecular formula is C24H22ClN3O3S2. The monoisotopic (exact) mass is 499 g/mol. The van der Waals surface area contributed by atoms with Gasteiger partial charge in [0.2, 0.25) is 5.91 Å². The predicted molar refractivity (Wildman–Crippen MR) is 133 cm³/mol. The van der Waals surface area contributed by atoms with Gasteiger partial charge in [-0.15, -0.1) is 0 Å². The fourth-order valence-electron chi connectivity index (χ4n) is 3.40. The largest absolute Gasteiger partial charge is 0.282 e. The number of pyridine rings is 1. The number of halogens is 1. The molecule has 0 radical (unpaired) electrons. The number of rotatable bonds is 9. The van der Waals surface area contributed by atoms with Crippen LogP contribution in [0, 0.1) is 0 Å². The summed E-state index contributed by atoms with van der Waals surface area (Å²) >= 11 is 7.47. The van der Waals surface area contributed by atoms with E-state index in [1.165, 1.54) is 11.3 Å². The zero-order chi connectivity index (χ0) is 23.3. The Balaban J connectivity index is 1.48. The van der Waals surface area contributed by atoms with Crippen molar-refractivity contribution in [2.45, 2.75) is 25.1 Å². The van der Waals surface area contributed by atoms with Gasteiger partial charge in [-0.2, -0.15) is 0 Å². The van der Waals surface area contributed by atoms with Crippen LogP contribution in [-0.2, 0) is 26.9 Å². The van der Waals surface area contributed by atoms with Crippen molar-refractivity contribution in [2.75, 3.05) is 10.7 Å². The van der Waals surface area contributed by atoms with E-state index in [1.807, 2.05) is 48.5 Å². The molecule has 0 saturated heterocycles. The normalized spacial score (nSPS) is 11.5. The summed E-state index contributed by atoms with van der Waals surface area (Å²) in [5, 5.41) is 1.14. The molecule has 0 aliphatic carbocycles. The van der Waals surface area contributed by atoms with Crippen molar-refractivity contribution in [1.29, 1.82) is 0 Å². The number of aromatic nitrogens is 2. The van der Waals surface area contributed by atoms with E-state index in [0.717, 1.165) is 21.5 Å². The zero-order valence-electron chi connectivity index (χ0n) is 17.7. The molecule has 0 atom stereocenters. The first-order chi connectivity index (χ1) is 15.9. The topological polar surface area (TPSA) is 80.2 Å². The lowest BCUT2D eigenvalue weighted by molar-refractivity contribution is -0.118. The van der Waals surface area contributed by atoms with Gasteiger partial charge in [0.15, 0.2) is 15.0 Å². The van der Waals surface area contributed by atoms with Gasteiger partial charge in [0.05, 0.1) is 34.0 Å². The third-order valence-electron chi connectivity index (χ3n) is 4.99. The fraction of sp³-hybridized carbons (Fsp3) is 0.208. The molecule has 33 heavy (non-hydrogen) atoms. The summed E-state index contributed by atoms with van der Waals surface area (Å²) in [4.78, 5) is 23.7. The molecule has 0 N–H and O–H groups in total. The Labute approximate surface area is 201 Å². The maximum atomic E-state index is 13.2. The van der Waals surface area contributed by atoms with Crippen molar-refractivity contribution in [3.05, 3.63) is 89.2 Å². The van der Waals surface area contributed by atoms with Crippen molar-refractivity contribution in [3.8, 4) is 0 Å². The fourth-order valence-corrected chi connectivity index (χ4v) is 6.08. The van der Waals surface area contributed by atoms with Gasteiger partial charge >= 0.3 is 0 Å². The standard InChI is InChI=1S/C24H22ClN3O3S2/c25-19-11-12-21-22(15-19)32-24(27-21)28(16-20-9-4-5-13-26-20)23(29)10-6-14-33(30,31)17-18-7-2-1-3-8-18/h1-5,7-9,11-13,15H,6,10,14,16-17H2. The molecule has 9 heteroatoms. The summed E-state index contributed by atoms with van der Waals surface area (Å²) in [5.74, 6) is -0.278. The molecule has 0 fully saturated rings. The van der Waals surface area contributed by atoms with Gasteiger partial charge in [0.1, 0.15) is 0 Å². The summed E-state index contributed by atoms with van der Waals surface area (Å²) in [6.07, 6.45) is 2.01. The van der Waals surface area contributed by atoms with Crippen LogP contribution in [-0.4, -0.2) is 30.0 Å². The van der Waals surface area contributed by atoms with Crippen LogP contribution < -0.4 is 4.90 Å². The SMILES string of the molecule is O=C(CCCS(=O)(=O)Cc1ccccc1)N(Cc1ccccn1)c1nc2ccc(Cl)cc2s1. The zero-order valence-corrected chi connectivity index (χ0v) is 20.1. The molecule has 0 aliphatic rings. The van der Waals surface area contributed by atoms with Crippen molar-refractivity contribution >= 4 is 54.0 Å². The van der Waals surface area contributed by atoms with Crippen LogP contribution in [0.5, 0.6) is 0 Å². The molecule has 0 unspecified atom stereocenters. The maximum absolute atomic E-state index is 13.2. The van der Waals surface area contributed by atoms with Crippen molar-refractivity contribution in [2.24, 2.45) is 0 Å². The van der Waals surface area contributed by atoms with E-state index in [0.29, 0.717) is 10.2 Å². The number of sulfone groups is 1. The Hall–Kier alpha value is -2.81. The van der Waals surface area contributed by atoms with Gasteiger partial charge in [-0.05, 0) is 42.3 Å².